The molecule has 0 bridgehead atoms. The topological polar surface area (TPSA) is 66.5 Å². The molecule has 1 aliphatic rings. The van der Waals surface area contributed by atoms with E-state index in [1.165, 1.54) is 14.0 Å². The highest BCUT2D eigenvalue weighted by atomic mass is 16.2. The summed E-state index contributed by atoms with van der Waals surface area (Å²) in [5.41, 5.74) is 0. The van der Waals surface area contributed by atoms with Crippen LogP contribution in [0.3, 0.4) is 0 Å². The highest BCUT2D eigenvalue weighted by Crippen LogP contribution is 2.08. The molecule has 5 heteroatoms. The van der Waals surface area contributed by atoms with Crippen LogP contribution >= 0.6 is 0 Å². The molecule has 13 heavy (non-hydrogen) atoms. The van der Waals surface area contributed by atoms with Gasteiger partial charge >= 0.3 is 0 Å². The Morgan fingerprint density at radius 3 is 2.23 bits per heavy atom. The molecule has 0 spiro atoms. The van der Waals surface area contributed by atoms with E-state index in [0.29, 0.717) is 0 Å². The van der Waals surface area contributed by atoms with Gasteiger partial charge in [-0.25, -0.2) is 0 Å². The van der Waals surface area contributed by atoms with Crippen molar-refractivity contribution in [3.8, 4) is 0 Å². The van der Waals surface area contributed by atoms with Crippen LogP contribution in [0.4, 0.5) is 0 Å². The standard InChI is InChI=1S/C8H10N2O3/c1-5(8(13)9-2)10-6(11)3-4-7(10)12/h3-5H,1-2H3,(H,9,13). The molecule has 0 radical (unpaired) electrons. The minimum absolute atomic E-state index is 0.356. The summed E-state index contributed by atoms with van der Waals surface area (Å²) in [6, 6.07) is -0.750. The van der Waals surface area contributed by atoms with Gasteiger partial charge in [0.2, 0.25) is 5.91 Å². The Hall–Kier alpha value is -1.65. The van der Waals surface area contributed by atoms with Gasteiger partial charge in [0.15, 0.2) is 0 Å². The number of nitrogens with zero attached hydrogens (tertiary/aromatic N) is 1. The van der Waals surface area contributed by atoms with Gasteiger partial charge in [-0.1, -0.05) is 0 Å². The zero-order chi connectivity index (χ0) is 10.0. The van der Waals surface area contributed by atoms with Gasteiger partial charge < -0.3 is 5.32 Å². The molecular weight excluding hydrogens is 172 g/mol. The van der Waals surface area contributed by atoms with Crippen molar-refractivity contribution in [3.05, 3.63) is 12.2 Å². The second-order valence-corrected chi connectivity index (χ2v) is 2.67. The van der Waals surface area contributed by atoms with Crippen molar-refractivity contribution in [1.29, 1.82) is 0 Å². The molecule has 0 aromatic rings. The van der Waals surface area contributed by atoms with Crippen LogP contribution in [0.1, 0.15) is 6.92 Å². The highest BCUT2D eigenvalue weighted by Gasteiger charge is 2.31. The Morgan fingerprint density at radius 1 is 1.38 bits per heavy atom. The second-order valence-electron chi connectivity index (χ2n) is 2.67. The molecule has 1 aliphatic heterocycles. The van der Waals surface area contributed by atoms with E-state index in [1.807, 2.05) is 0 Å². The quantitative estimate of drug-likeness (QED) is 0.560. The molecule has 0 aliphatic carbocycles. The third-order valence-electron chi connectivity index (χ3n) is 1.86. The average molecular weight is 182 g/mol. The van der Waals surface area contributed by atoms with Gasteiger partial charge in [0.25, 0.3) is 11.8 Å². The molecule has 3 amide bonds. The van der Waals surface area contributed by atoms with Crippen molar-refractivity contribution in [2.75, 3.05) is 7.05 Å². The molecule has 0 fully saturated rings. The Morgan fingerprint density at radius 2 is 1.85 bits per heavy atom. The zero-order valence-electron chi connectivity index (χ0n) is 7.40. The maximum Gasteiger partial charge on any atom is 0.254 e. The number of rotatable bonds is 2. The summed E-state index contributed by atoms with van der Waals surface area (Å²) < 4.78 is 0. The van der Waals surface area contributed by atoms with Crippen LogP contribution in [0.15, 0.2) is 12.2 Å². The van der Waals surface area contributed by atoms with E-state index in [-0.39, 0.29) is 5.91 Å². The van der Waals surface area contributed by atoms with Crippen LogP contribution in [0, 0.1) is 0 Å². The van der Waals surface area contributed by atoms with E-state index in [0.717, 1.165) is 17.1 Å². The van der Waals surface area contributed by atoms with Gasteiger partial charge in [-0.05, 0) is 6.92 Å². The Kier molecular flexibility index (Phi) is 2.46. The lowest BCUT2D eigenvalue weighted by molar-refractivity contribution is -0.144. The summed E-state index contributed by atoms with van der Waals surface area (Å²) >= 11 is 0. The predicted octanol–water partition coefficient (Wildman–Crippen LogP) is -0.954. The first-order valence-corrected chi connectivity index (χ1v) is 3.84. The molecule has 0 aromatic heterocycles. The maximum atomic E-state index is 11.1. The minimum Gasteiger partial charge on any atom is -0.357 e. The largest absolute Gasteiger partial charge is 0.357 e. The predicted molar refractivity (Wildman–Crippen MR) is 44.5 cm³/mol. The molecule has 0 aromatic carbocycles. The summed E-state index contributed by atoms with van der Waals surface area (Å²) in [6.45, 7) is 1.50. The lowest BCUT2D eigenvalue weighted by atomic mass is 10.3. The van der Waals surface area contributed by atoms with Crippen molar-refractivity contribution < 1.29 is 14.4 Å². The first-order chi connectivity index (χ1) is 6.07. The van der Waals surface area contributed by atoms with Crippen molar-refractivity contribution in [2.45, 2.75) is 13.0 Å². The van der Waals surface area contributed by atoms with Crippen molar-refractivity contribution in [3.63, 3.8) is 0 Å². The van der Waals surface area contributed by atoms with Gasteiger partial charge in [0, 0.05) is 19.2 Å². The molecule has 0 saturated carbocycles. The monoisotopic (exact) mass is 182 g/mol. The van der Waals surface area contributed by atoms with Gasteiger partial charge in [-0.2, -0.15) is 0 Å². The first kappa shape index (κ1) is 9.44. The van der Waals surface area contributed by atoms with Crippen LogP contribution < -0.4 is 5.32 Å². The fourth-order valence-electron chi connectivity index (χ4n) is 1.12. The normalized spacial score (nSPS) is 17.8. The fourth-order valence-corrected chi connectivity index (χ4v) is 1.12. The Labute approximate surface area is 75.4 Å². The Balaban J connectivity index is 2.78. The third kappa shape index (κ3) is 1.58. The zero-order valence-corrected chi connectivity index (χ0v) is 7.40. The van der Waals surface area contributed by atoms with Gasteiger partial charge in [-0.15, -0.1) is 0 Å². The molecule has 1 rings (SSSR count). The molecule has 5 nitrogen and oxygen atoms in total. The van der Waals surface area contributed by atoms with Crippen LogP contribution in [-0.2, 0) is 14.4 Å². The molecule has 1 N–H and O–H groups in total. The van der Waals surface area contributed by atoms with E-state index in [4.69, 9.17) is 0 Å². The summed E-state index contributed by atoms with van der Waals surface area (Å²) in [5.74, 6) is -1.24. The van der Waals surface area contributed by atoms with Crippen molar-refractivity contribution in [2.24, 2.45) is 0 Å². The van der Waals surface area contributed by atoms with E-state index < -0.39 is 17.9 Å². The summed E-state index contributed by atoms with van der Waals surface area (Å²) in [4.78, 5) is 34.2. The Bertz CT molecular complexity index is 278. The molecule has 1 heterocycles. The fraction of sp³-hybridized carbons (Fsp3) is 0.375. The number of carbonyl (C=O) groups excluding carboxylic acids is 3. The number of imide groups is 1. The number of carbonyl (C=O) groups is 3. The summed E-state index contributed by atoms with van der Waals surface area (Å²) in [6.07, 6.45) is 2.31. The van der Waals surface area contributed by atoms with Crippen LogP contribution in [-0.4, -0.2) is 35.7 Å². The molecule has 1 unspecified atom stereocenters. The summed E-state index contributed by atoms with van der Waals surface area (Å²) in [5, 5.41) is 2.37. The number of amides is 3. The van der Waals surface area contributed by atoms with E-state index >= 15 is 0 Å². The second kappa shape index (κ2) is 3.38. The molecular formula is C8H10N2O3. The highest BCUT2D eigenvalue weighted by molar-refractivity contribution is 6.15. The van der Waals surface area contributed by atoms with Gasteiger partial charge in [0.1, 0.15) is 6.04 Å². The molecule has 0 saturated heterocycles. The number of nitrogens with one attached hydrogen (secondary N) is 1. The van der Waals surface area contributed by atoms with Crippen molar-refractivity contribution >= 4 is 17.7 Å². The third-order valence-corrected chi connectivity index (χ3v) is 1.86. The average Bonchev–Trinajstić information content (AvgIpc) is 2.44. The number of hydrogen-bond acceptors (Lipinski definition) is 3. The first-order valence-electron chi connectivity index (χ1n) is 3.84. The lowest BCUT2D eigenvalue weighted by Crippen LogP contribution is -2.46. The number of hydrogen-bond donors (Lipinski definition) is 1. The van der Waals surface area contributed by atoms with Gasteiger partial charge in [0.05, 0.1) is 0 Å². The minimum atomic E-state index is -0.750. The van der Waals surface area contributed by atoms with Crippen molar-refractivity contribution in [1.82, 2.24) is 10.2 Å². The SMILES string of the molecule is CNC(=O)C(C)N1C(=O)C=CC1=O. The summed E-state index contributed by atoms with van der Waals surface area (Å²) in [7, 11) is 1.46. The smallest absolute Gasteiger partial charge is 0.254 e. The van der Waals surface area contributed by atoms with E-state index in [9.17, 15) is 14.4 Å². The van der Waals surface area contributed by atoms with Crippen LogP contribution in [0.2, 0.25) is 0 Å². The van der Waals surface area contributed by atoms with Crippen LogP contribution in [0.25, 0.3) is 0 Å². The molecule has 1 atom stereocenters. The van der Waals surface area contributed by atoms with E-state index in [1.54, 1.807) is 0 Å². The van der Waals surface area contributed by atoms with Crippen LogP contribution in [0.5, 0.6) is 0 Å². The van der Waals surface area contributed by atoms with E-state index in [2.05, 4.69) is 5.32 Å². The molecule has 70 valence electrons. The maximum absolute atomic E-state index is 11.1. The lowest BCUT2D eigenvalue weighted by Gasteiger charge is -2.20. The van der Waals surface area contributed by atoms with Gasteiger partial charge in [-0.3, -0.25) is 19.3 Å². The number of likely N-dealkylation sites (N-methyl/N-ethyl adjacent to an activating group) is 1.